The number of anilines is 3. The quantitative estimate of drug-likeness (QED) is 0.498. The van der Waals surface area contributed by atoms with Gasteiger partial charge in [0.15, 0.2) is 17.1 Å². The van der Waals surface area contributed by atoms with Gasteiger partial charge in [-0.2, -0.15) is 0 Å². The maximum absolute atomic E-state index is 13.0. The molecule has 0 saturated carbocycles. The van der Waals surface area contributed by atoms with Gasteiger partial charge in [-0.05, 0) is 36.8 Å². The number of methoxy groups -OCH3 is 1. The molecule has 1 aliphatic rings. The summed E-state index contributed by atoms with van der Waals surface area (Å²) in [6.45, 7) is 4.47. The fourth-order valence-electron chi connectivity index (χ4n) is 3.92. The van der Waals surface area contributed by atoms with Crippen LogP contribution in [0.3, 0.4) is 0 Å². The second-order valence-electron chi connectivity index (χ2n) is 7.87. The lowest BCUT2D eigenvalue weighted by Gasteiger charge is -2.35. The third-order valence-electron chi connectivity index (χ3n) is 5.65. The molecule has 4 heterocycles. The Labute approximate surface area is 191 Å². The summed E-state index contributed by atoms with van der Waals surface area (Å²) in [7, 11) is 1.59. The lowest BCUT2D eigenvalue weighted by atomic mass is 10.2. The molecule has 1 fully saturated rings. The van der Waals surface area contributed by atoms with Crippen molar-refractivity contribution in [3.63, 3.8) is 0 Å². The summed E-state index contributed by atoms with van der Waals surface area (Å²) >= 11 is 0. The molecule has 1 amide bonds. The molecule has 1 N–H and O–H groups in total. The number of aromatic nitrogens is 3. The van der Waals surface area contributed by atoms with Crippen molar-refractivity contribution < 1.29 is 13.9 Å². The molecule has 0 bridgehead atoms. The number of aryl methyl sites for hydroxylation is 1. The van der Waals surface area contributed by atoms with E-state index < -0.39 is 0 Å². The van der Waals surface area contributed by atoms with Crippen molar-refractivity contribution >= 4 is 34.3 Å². The van der Waals surface area contributed by atoms with Gasteiger partial charge < -0.3 is 24.3 Å². The predicted octanol–water partition coefficient (Wildman–Crippen LogP) is 3.64. The molecule has 168 valence electrons. The topological polar surface area (TPSA) is 96.6 Å². The molecule has 4 aromatic rings. The zero-order valence-electron chi connectivity index (χ0n) is 18.5. The number of nitrogens with one attached hydrogen (secondary N) is 1. The lowest BCUT2D eigenvalue weighted by molar-refractivity contribution is 0.0716. The van der Waals surface area contributed by atoms with Crippen LogP contribution in [0, 0.1) is 6.92 Å². The third kappa shape index (κ3) is 4.30. The normalized spacial score (nSPS) is 13.9. The summed E-state index contributed by atoms with van der Waals surface area (Å²) < 4.78 is 11.2. The molecule has 9 heteroatoms. The van der Waals surface area contributed by atoms with E-state index in [2.05, 4.69) is 25.2 Å². The number of rotatable bonds is 5. The van der Waals surface area contributed by atoms with Crippen molar-refractivity contribution in [1.29, 1.82) is 0 Å². The summed E-state index contributed by atoms with van der Waals surface area (Å²) in [5.74, 6) is 3.03. The number of furan rings is 1. The van der Waals surface area contributed by atoms with E-state index in [0.717, 1.165) is 22.6 Å². The number of carbonyl (C=O) groups excluding carboxylic acids is 1. The number of benzene rings is 1. The van der Waals surface area contributed by atoms with Gasteiger partial charge in [0.25, 0.3) is 5.91 Å². The predicted molar refractivity (Wildman–Crippen MR) is 125 cm³/mol. The van der Waals surface area contributed by atoms with Gasteiger partial charge in [-0.15, -0.1) is 0 Å². The van der Waals surface area contributed by atoms with Crippen LogP contribution >= 0.6 is 0 Å². The summed E-state index contributed by atoms with van der Waals surface area (Å²) in [5, 5.41) is 4.07. The van der Waals surface area contributed by atoms with Crippen LogP contribution in [0.1, 0.15) is 16.1 Å². The molecule has 5 rings (SSSR count). The second kappa shape index (κ2) is 8.78. The van der Waals surface area contributed by atoms with E-state index >= 15 is 0 Å². The van der Waals surface area contributed by atoms with E-state index in [9.17, 15) is 4.79 Å². The van der Waals surface area contributed by atoms with E-state index in [0.29, 0.717) is 49.1 Å². The molecule has 0 atom stereocenters. The van der Waals surface area contributed by atoms with Gasteiger partial charge >= 0.3 is 0 Å². The molecule has 3 aromatic heterocycles. The minimum absolute atomic E-state index is 0.122. The van der Waals surface area contributed by atoms with Crippen molar-refractivity contribution in [3.8, 4) is 5.75 Å². The average Bonchev–Trinajstić information content (AvgIpc) is 3.28. The average molecular weight is 444 g/mol. The first kappa shape index (κ1) is 20.7. The number of ether oxygens (including phenoxy) is 1. The first-order valence-corrected chi connectivity index (χ1v) is 10.7. The fraction of sp³-hybridized carbons (Fsp3) is 0.250. The van der Waals surface area contributed by atoms with Gasteiger partial charge in [-0.25, -0.2) is 15.0 Å². The lowest BCUT2D eigenvalue weighted by Crippen LogP contribution is -2.49. The SMILES string of the molecule is COc1cccc2cc(C(=O)N3CCN(c4cc(Nc5cc(C)ccn5)ncn4)CC3)oc12. The molecule has 1 saturated heterocycles. The standard InChI is InChI=1S/C24H24N6O3/c1-16-6-7-25-20(12-16)28-21-14-22(27-15-26-21)29-8-10-30(11-9-29)24(31)19-13-17-4-3-5-18(32-2)23(17)33-19/h3-7,12-15H,8-11H2,1-2H3,(H,25,26,27,28). The van der Waals surface area contributed by atoms with Gasteiger partial charge in [0.1, 0.15) is 23.8 Å². The largest absolute Gasteiger partial charge is 0.493 e. The van der Waals surface area contributed by atoms with Gasteiger partial charge in [-0.1, -0.05) is 12.1 Å². The van der Waals surface area contributed by atoms with Crippen molar-refractivity contribution in [2.75, 3.05) is 43.5 Å². The van der Waals surface area contributed by atoms with Crippen LogP contribution in [-0.4, -0.2) is 59.0 Å². The van der Waals surface area contributed by atoms with Crippen molar-refractivity contribution in [1.82, 2.24) is 19.9 Å². The van der Waals surface area contributed by atoms with Crippen LogP contribution in [0.15, 0.2) is 59.4 Å². The Bertz CT molecular complexity index is 1300. The number of piperazine rings is 1. The molecule has 9 nitrogen and oxygen atoms in total. The number of carbonyl (C=O) groups is 1. The van der Waals surface area contributed by atoms with Crippen LogP contribution in [-0.2, 0) is 0 Å². The number of hydrogen-bond donors (Lipinski definition) is 1. The summed E-state index contributed by atoms with van der Waals surface area (Å²) in [6, 6.07) is 13.2. The van der Waals surface area contributed by atoms with E-state index in [4.69, 9.17) is 9.15 Å². The Kier molecular flexibility index (Phi) is 5.52. The highest BCUT2D eigenvalue weighted by Gasteiger charge is 2.26. The third-order valence-corrected chi connectivity index (χ3v) is 5.65. The molecule has 0 aliphatic carbocycles. The molecule has 1 aromatic carbocycles. The Morgan fingerprint density at radius 3 is 2.64 bits per heavy atom. The monoisotopic (exact) mass is 444 g/mol. The molecule has 0 radical (unpaired) electrons. The molecule has 1 aliphatic heterocycles. The molecule has 0 unspecified atom stereocenters. The number of nitrogens with zero attached hydrogens (tertiary/aromatic N) is 5. The van der Waals surface area contributed by atoms with Crippen LogP contribution in [0.4, 0.5) is 17.5 Å². The first-order chi connectivity index (χ1) is 16.1. The molecule has 33 heavy (non-hydrogen) atoms. The van der Waals surface area contributed by atoms with Gasteiger partial charge in [0.2, 0.25) is 0 Å². The van der Waals surface area contributed by atoms with E-state index in [1.807, 2.05) is 43.3 Å². The Morgan fingerprint density at radius 1 is 1.03 bits per heavy atom. The van der Waals surface area contributed by atoms with Crippen molar-refractivity contribution in [2.45, 2.75) is 6.92 Å². The number of amides is 1. The summed E-state index contributed by atoms with van der Waals surface area (Å²) in [5.41, 5.74) is 1.71. The van der Waals surface area contributed by atoms with Crippen molar-refractivity contribution in [2.24, 2.45) is 0 Å². The van der Waals surface area contributed by atoms with Crippen LogP contribution in [0.2, 0.25) is 0 Å². The zero-order chi connectivity index (χ0) is 22.8. The minimum atomic E-state index is -0.122. The van der Waals surface area contributed by atoms with Crippen LogP contribution in [0.25, 0.3) is 11.0 Å². The zero-order valence-corrected chi connectivity index (χ0v) is 18.5. The Morgan fingerprint density at radius 2 is 1.85 bits per heavy atom. The Hall–Kier alpha value is -4.14. The highest BCUT2D eigenvalue weighted by atomic mass is 16.5. The smallest absolute Gasteiger partial charge is 0.289 e. The maximum Gasteiger partial charge on any atom is 0.289 e. The maximum atomic E-state index is 13.0. The number of fused-ring (bicyclic) bond motifs is 1. The van der Waals surface area contributed by atoms with E-state index in [-0.39, 0.29) is 5.91 Å². The highest BCUT2D eigenvalue weighted by Crippen LogP contribution is 2.29. The van der Waals surface area contributed by atoms with E-state index in [1.54, 1.807) is 24.3 Å². The first-order valence-electron chi connectivity index (χ1n) is 10.7. The van der Waals surface area contributed by atoms with Gasteiger partial charge in [0.05, 0.1) is 7.11 Å². The fourth-order valence-corrected chi connectivity index (χ4v) is 3.92. The number of hydrogen-bond acceptors (Lipinski definition) is 8. The van der Waals surface area contributed by atoms with Crippen LogP contribution < -0.4 is 15.0 Å². The number of para-hydroxylation sites is 1. The minimum Gasteiger partial charge on any atom is -0.493 e. The highest BCUT2D eigenvalue weighted by molar-refractivity contribution is 5.97. The van der Waals surface area contributed by atoms with Crippen molar-refractivity contribution in [3.05, 3.63) is 66.3 Å². The van der Waals surface area contributed by atoms with E-state index in [1.165, 1.54) is 6.33 Å². The molecular weight excluding hydrogens is 420 g/mol. The molecular formula is C24H24N6O3. The Balaban J connectivity index is 1.25. The summed E-state index contributed by atoms with van der Waals surface area (Å²) in [4.78, 5) is 30.0. The summed E-state index contributed by atoms with van der Waals surface area (Å²) in [6.07, 6.45) is 3.29. The molecule has 0 spiro atoms. The number of pyridine rings is 1. The van der Waals surface area contributed by atoms with Crippen LogP contribution in [0.5, 0.6) is 5.75 Å². The van der Waals surface area contributed by atoms with Gasteiger partial charge in [0, 0.05) is 43.8 Å². The second-order valence-corrected chi connectivity index (χ2v) is 7.87. The van der Waals surface area contributed by atoms with Gasteiger partial charge in [-0.3, -0.25) is 4.79 Å².